The Morgan fingerprint density at radius 1 is 1.40 bits per heavy atom. The van der Waals surface area contributed by atoms with Crippen molar-refractivity contribution in [3.63, 3.8) is 0 Å². The minimum Gasteiger partial charge on any atom is -0.233 e. The molecule has 0 bridgehead atoms. The topological polar surface area (TPSA) is 18.5 Å². The number of benzene rings is 1. The molecule has 1 aliphatic rings. The highest BCUT2D eigenvalue weighted by Gasteiger charge is 2.21. The Hall–Kier alpha value is -0.860. The lowest BCUT2D eigenvalue weighted by Crippen LogP contribution is -2.22. The maximum Gasteiger partial charge on any atom is 0.144 e. The van der Waals surface area contributed by atoms with Crippen LogP contribution in [0.3, 0.4) is 0 Å². The van der Waals surface area contributed by atoms with E-state index in [-0.39, 0.29) is 0 Å². The maximum atomic E-state index is 7.66. The molecule has 1 aromatic carbocycles. The third-order valence-electron chi connectivity index (χ3n) is 1.45. The Morgan fingerprint density at radius 2 is 2.10 bits per heavy atom. The standard InChI is InChI=1S/C8H8O2/c1-2-4-7(5-3-1)8-6-9-10-8/h1-5,8H,6H2/i8D. The molecule has 1 saturated heterocycles. The third-order valence-corrected chi connectivity index (χ3v) is 1.45. The summed E-state index contributed by atoms with van der Waals surface area (Å²) in [6, 6.07) is 9.39. The second-order valence-electron chi connectivity index (χ2n) is 2.13. The van der Waals surface area contributed by atoms with Crippen molar-refractivity contribution in [2.24, 2.45) is 0 Å². The molecule has 2 rings (SSSR count). The fraction of sp³-hybridized carbons (Fsp3) is 0.250. The van der Waals surface area contributed by atoms with Gasteiger partial charge in [-0.3, -0.25) is 0 Å². The highest BCUT2D eigenvalue weighted by molar-refractivity contribution is 5.17. The van der Waals surface area contributed by atoms with Crippen LogP contribution < -0.4 is 0 Å². The van der Waals surface area contributed by atoms with E-state index in [1.165, 1.54) is 0 Å². The van der Waals surface area contributed by atoms with Gasteiger partial charge in [0, 0.05) is 0 Å². The van der Waals surface area contributed by atoms with Crippen LogP contribution in [0.1, 0.15) is 13.0 Å². The van der Waals surface area contributed by atoms with Crippen molar-refractivity contribution in [2.45, 2.75) is 6.08 Å². The molecule has 0 aromatic heterocycles. The second-order valence-corrected chi connectivity index (χ2v) is 2.13. The van der Waals surface area contributed by atoms with E-state index < -0.39 is 6.08 Å². The molecule has 10 heavy (non-hydrogen) atoms. The first-order valence-electron chi connectivity index (χ1n) is 3.67. The molecule has 2 nitrogen and oxygen atoms in total. The molecule has 0 amide bonds. The van der Waals surface area contributed by atoms with Gasteiger partial charge in [-0.1, -0.05) is 30.3 Å². The van der Waals surface area contributed by atoms with Gasteiger partial charge in [-0.25, -0.2) is 9.78 Å². The molecular formula is C8H8O2. The van der Waals surface area contributed by atoms with Gasteiger partial charge < -0.3 is 0 Å². The van der Waals surface area contributed by atoms with Crippen LogP contribution in [0.4, 0.5) is 0 Å². The lowest BCUT2D eigenvalue weighted by molar-refractivity contribution is -0.429. The fourth-order valence-corrected chi connectivity index (χ4v) is 0.873. The average Bonchev–Trinajstić information content (AvgIpc) is 2.02. The molecule has 0 radical (unpaired) electrons. The molecule has 52 valence electrons. The number of rotatable bonds is 1. The number of hydrogen-bond donors (Lipinski definition) is 0. The summed E-state index contributed by atoms with van der Waals surface area (Å²) in [5.41, 5.74) is 0.839. The van der Waals surface area contributed by atoms with Crippen LogP contribution in [-0.4, -0.2) is 6.61 Å². The molecule has 1 heterocycles. The maximum absolute atomic E-state index is 7.66. The molecule has 1 aromatic rings. The molecule has 1 unspecified atom stereocenters. The van der Waals surface area contributed by atoms with Crippen LogP contribution in [-0.2, 0) is 9.78 Å². The summed E-state index contributed by atoms with van der Waals surface area (Å²) in [7, 11) is 0. The Balaban J connectivity index is 2.29. The van der Waals surface area contributed by atoms with E-state index in [9.17, 15) is 0 Å². The summed E-state index contributed by atoms with van der Waals surface area (Å²) in [6.07, 6.45) is -0.957. The molecule has 1 aliphatic heterocycles. The molecule has 0 aliphatic carbocycles. The predicted molar refractivity (Wildman–Crippen MR) is 36.2 cm³/mol. The lowest BCUT2D eigenvalue weighted by Gasteiger charge is -2.24. The zero-order valence-electron chi connectivity index (χ0n) is 6.41. The highest BCUT2D eigenvalue weighted by atomic mass is 17.2. The zero-order chi connectivity index (χ0) is 7.73. The van der Waals surface area contributed by atoms with Crippen molar-refractivity contribution in [2.75, 3.05) is 6.61 Å². The largest absolute Gasteiger partial charge is 0.233 e. The molecular weight excluding hydrogens is 128 g/mol. The first-order chi connectivity index (χ1) is 5.31. The molecule has 0 spiro atoms. The summed E-state index contributed by atoms with van der Waals surface area (Å²) in [6.45, 7) is 0.316. The van der Waals surface area contributed by atoms with Gasteiger partial charge in [-0.2, -0.15) is 0 Å². The van der Waals surface area contributed by atoms with Gasteiger partial charge in [-0.15, -0.1) is 0 Å². The highest BCUT2D eigenvalue weighted by Crippen LogP contribution is 2.24. The van der Waals surface area contributed by atoms with Crippen molar-refractivity contribution in [1.29, 1.82) is 0 Å². The van der Waals surface area contributed by atoms with E-state index in [2.05, 4.69) is 9.78 Å². The van der Waals surface area contributed by atoms with Crippen LogP contribution in [0.2, 0.25) is 0 Å². The molecule has 2 heteroatoms. The molecule has 0 N–H and O–H groups in total. The van der Waals surface area contributed by atoms with Crippen molar-refractivity contribution in [3.8, 4) is 0 Å². The van der Waals surface area contributed by atoms with E-state index >= 15 is 0 Å². The first-order valence-corrected chi connectivity index (χ1v) is 3.17. The Kier molecular flexibility index (Phi) is 1.17. The van der Waals surface area contributed by atoms with Gasteiger partial charge >= 0.3 is 0 Å². The monoisotopic (exact) mass is 137 g/mol. The first kappa shape index (κ1) is 4.88. The normalized spacial score (nSPS) is 32.6. The van der Waals surface area contributed by atoms with Crippen LogP contribution >= 0.6 is 0 Å². The Morgan fingerprint density at radius 3 is 2.60 bits per heavy atom. The SMILES string of the molecule is [2H]C1(c2ccccc2)COO1. The Bertz CT molecular complexity index is 244. The van der Waals surface area contributed by atoms with E-state index in [4.69, 9.17) is 1.37 Å². The van der Waals surface area contributed by atoms with Gasteiger partial charge in [0.2, 0.25) is 0 Å². The summed E-state index contributed by atoms with van der Waals surface area (Å²) < 4.78 is 7.66. The van der Waals surface area contributed by atoms with Crippen LogP contribution in [0.25, 0.3) is 0 Å². The van der Waals surface area contributed by atoms with Gasteiger partial charge in [0.1, 0.15) is 12.7 Å². The minimum absolute atomic E-state index is 0.316. The van der Waals surface area contributed by atoms with E-state index in [0.29, 0.717) is 6.61 Å². The zero-order valence-corrected chi connectivity index (χ0v) is 5.41. The molecule has 0 saturated carbocycles. The van der Waals surface area contributed by atoms with Gasteiger partial charge in [0.15, 0.2) is 0 Å². The third kappa shape index (κ3) is 0.916. The smallest absolute Gasteiger partial charge is 0.144 e. The van der Waals surface area contributed by atoms with E-state index in [1.54, 1.807) is 0 Å². The van der Waals surface area contributed by atoms with Crippen molar-refractivity contribution in [3.05, 3.63) is 35.9 Å². The summed E-state index contributed by atoms with van der Waals surface area (Å²) in [5, 5.41) is 0. The van der Waals surface area contributed by atoms with Gasteiger partial charge in [0.25, 0.3) is 0 Å². The lowest BCUT2D eigenvalue weighted by atomic mass is 10.1. The second kappa shape index (κ2) is 2.40. The number of hydrogen-bond acceptors (Lipinski definition) is 2. The van der Waals surface area contributed by atoms with Crippen LogP contribution in [0, 0.1) is 0 Å². The molecule has 1 fully saturated rings. The van der Waals surface area contributed by atoms with Crippen LogP contribution in [0.15, 0.2) is 30.3 Å². The van der Waals surface area contributed by atoms with Gasteiger partial charge in [-0.05, 0) is 5.56 Å². The van der Waals surface area contributed by atoms with Crippen molar-refractivity contribution >= 4 is 0 Å². The summed E-state index contributed by atoms with van der Waals surface area (Å²) in [5.74, 6) is 0. The fourth-order valence-electron chi connectivity index (χ4n) is 0.873. The van der Waals surface area contributed by atoms with E-state index in [0.717, 1.165) is 5.56 Å². The minimum atomic E-state index is -0.957. The Labute approximate surface area is 60.7 Å². The van der Waals surface area contributed by atoms with Crippen LogP contribution in [0.5, 0.6) is 0 Å². The predicted octanol–water partition coefficient (Wildman–Crippen LogP) is 1.69. The van der Waals surface area contributed by atoms with Crippen molar-refractivity contribution < 1.29 is 11.1 Å². The van der Waals surface area contributed by atoms with E-state index in [1.807, 2.05) is 30.3 Å². The average molecular weight is 137 g/mol. The molecule has 1 atom stereocenters. The quantitative estimate of drug-likeness (QED) is 0.548. The summed E-state index contributed by atoms with van der Waals surface area (Å²) >= 11 is 0. The summed E-state index contributed by atoms with van der Waals surface area (Å²) in [4.78, 5) is 9.18. The van der Waals surface area contributed by atoms with Gasteiger partial charge in [0.05, 0.1) is 1.37 Å². The van der Waals surface area contributed by atoms with Crippen molar-refractivity contribution in [1.82, 2.24) is 0 Å².